The van der Waals surface area contributed by atoms with E-state index in [2.05, 4.69) is 5.10 Å². The highest BCUT2D eigenvalue weighted by molar-refractivity contribution is 5.79. The summed E-state index contributed by atoms with van der Waals surface area (Å²) in [6, 6.07) is 0. The lowest BCUT2D eigenvalue weighted by molar-refractivity contribution is -0.179. The van der Waals surface area contributed by atoms with E-state index in [1.54, 1.807) is 0 Å². The minimum Gasteiger partial charge on any atom is -0.390 e. The molecule has 2 saturated heterocycles. The molecule has 1 amide bonds. The number of rotatable bonds is 2. The summed E-state index contributed by atoms with van der Waals surface area (Å²) in [6.07, 6.45) is 3.20. The average molecular weight is 321 g/mol. The van der Waals surface area contributed by atoms with Crippen molar-refractivity contribution in [2.45, 2.75) is 57.7 Å². The normalized spacial score (nSPS) is 24.2. The van der Waals surface area contributed by atoms with Crippen molar-refractivity contribution >= 4 is 5.91 Å². The Bertz CT molecular complexity index is 588. The van der Waals surface area contributed by atoms with Gasteiger partial charge in [-0.3, -0.25) is 9.48 Å². The second kappa shape index (κ2) is 6.24. The molecule has 0 saturated carbocycles. The van der Waals surface area contributed by atoms with Crippen LogP contribution in [-0.2, 0) is 23.0 Å². The van der Waals surface area contributed by atoms with E-state index < -0.39 is 11.7 Å². The van der Waals surface area contributed by atoms with Gasteiger partial charge in [-0.15, -0.1) is 0 Å². The van der Waals surface area contributed by atoms with Gasteiger partial charge in [0.25, 0.3) is 0 Å². The van der Waals surface area contributed by atoms with Crippen molar-refractivity contribution in [3.63, 3.8) is 0 Å². The first-order valence-corrected chi connectivity index (χ1v) is 8.52. The van der Waals surface area contributed by atoms with E-state index in [9.17, 15) is 9.90 Å². The van der Waals surface area contributed by atoms with Crippen molar-refractivity contribution in [3.05, 3.63) is 17.0 Å². The highest BCUT2D eigenvalue weighted by atomic mass is 16.5. The van der Waals surface area contributed by atoms with Crippen molar-refractivity contribution < 1.29 is 14.6 Å². The van der Waals surface area contributed by atoms with Crippen LogP contribution in [0.25, 0.3) is 0 Å². The van der Waals surface area contributed by atoms with E-state index in [1.807, 2.05) is 30.5 Å². The smallest absolute Gasteiger partial charge is 0.227 e. The van der Waals surface area contributed by atoms with E-state index in [-0.39, 0.29) is 5.91 Å². The van der Waals surface area contributed by atoms with E-state index >= 15 is 0 Å². The lowest BCUT2D eigenvalue weighted by atomic mass is 9.82. The zero-order chi connectivity index (χ0) is 16.6. The van der Waals surface area contributed by atoms with Crippen LogP contribution < -0.4 is 0 Å². The van der Waals surface area contributed by atoms with Gasteiger partial charge < -0.3 is 14.7 Å². The summed E-state index contributed by atoms with van der Waals surface area (Å²) in [6.45, 7) is 5.99. The summed E-state index contributed by atoms with van der Waals surface area (Å²) < 4.78 is 7.73. The van der Waals surface area contributed by atoms with E-state index in [4.69, 9.17) is 4.74 Å². The molecule has 1 aromatic heterocycles. The number of hydrogen-bond acceptors (Lipinski definition) is 4. The van der Waals surface area contributed by atoms with Crippen LogP contribution in [0, 0.1) is 13.8 Å². The van der Waals surface area contributed by atoms with Crippen LogP contribution in [0.15, 0.2) is 0 Å². The third kappa shape index (κ3) is 3.02. The highest BCUT2D eigenvalue weighted by Gasteiger charge is 2.44. The highest BCUT2D eigenvalue weighted by Crippen LogP contribution is 2.35. The van der Waals surface area contributed by atoms with Gasteiger partial charge in [-0.1, -0.05) is 0 Å². The number of ether oxygens (including phenoxy) is 1. The largest absolute Gasteiger partial charge is 0.390 e. The Morgan fingerprint density at radius 2 is 2.09 bits per heavy atom. The molecule has 0 aromatic carbocycles. The Morgan fingerprint density at radius 3 is 2.65 bits per heavy atom. The van der Waals surface area contributed by atoms with Gasteiger partial charge in [0.1, 0.15) is 0 Å². The fourth-order valence-electron chi connectivity index (χ4n) is 3.86. The minimum atomic E-state index is -0.421. The van der Waals surface area contributed by atoms with Crippen LogP contribution in [-0.4, -0.2) is 57.1 Å². The van der Waals surface area contributed by atoms with Crippen LogP contribution in [0.5, 0.6) is 0 Å². The summed E-state index contributed by atoms with van der Waals surface area (Å²) in [5, 5.41) is 14.7. The summed E-state index contributed by atoms with van der Waals surface area (Å²) in [5.41, 5.74) is 2.59. The fraction of sp³-hybridized carbons (Fsp3) is 0.765. The number of nitrogens with zero attached hydrogens (tertiary/aromatic N) is 3. The molecule has 2 aliphatic rings. The summed E-state index contributed by atoms with van der Waals surface area (Å²) in [5.74, 6) is 0.143. The number of aromatic nitrogens is 2. The zero-order valence-corrected chi connectivity index (χ0v) is 14.3. The molecule has 6 nitrogen and oxygen atoms in total. The Labute approximate surface area is 137 Å². The summed E-state index contributed by atoms with van der Waals surface area (Å²) >= 11 is 0. The van der Waals surface area contributed by atoms with Crippen LogP contribution in [0.2, 0.25) is 0 Å². The molecule has 3 heterocycles. The second-order valence-electron chi connectivity index (χ2n) is 6.90. The molecule has 0 bridgehead atoms. The SMILES string of the molecule is Cc1nn(C)c(C)c1CC(=O)N1CCC2(CC1)OCCCC2O. The number of aryl methyl sites for hydroxylation is 2. The molecule has 1 unspecified atom stereocenters. The monoisotopic (exact) mass is 321 g/mol. The molecule has 3 rings (SSSR count). The van der Waals surface area contributed by atoms with Gasteiger partial charge in [-0.2, -0.15) is 5.10 Å². The zero-order valence-electron chi connectivity index (χ0n) is 14.3. The standard InChI is InChI=1S/C17H27N3O3/c1-12-14(13(2)19(3)18-12)11-16(22)20-8-6-17(7-9-20)15(21)5-4-10-23-17/h15,21H,4-11H2,1-3H3. The van der Waals surface area contributed by atoms with Crippen LogP contribution in [0.1, 0.15) is 42.6 Å². The van der Waals surface area contributed by atoms with Gasteiger partial charge in [-0.25, -0.2) is 0 Å². The molecular weight excluding hydrogens is 294 g/mol. The fourth-order valence-corrected chi connectivity index (χ4v) is 3.86. The summed E-state index contributed by atoms with van der Waals surface area (Å²) in [7, 11) is 1.91. The molecule has 2 fully saturated rings. The first-order valence-electron chi connectivity index (χ1n) is 8.52. The van der Waals surface area contributed by atoms with Crippen LogP contribution in [0.4, 0.5) is 0 Å². The predicted octanol–water partition coefficient (Wildman–Crippen LogP) is 1.11. The topological polar surface area (TPSA) is 67.6 Å². The van der Waals surface area contributed by atoms with Gasteiger partial charge in [0.05, 0.1) is 23.8 Å². The molecule has 0 aliphatic carbocycles. The first-order chi connectivity index (χ1) is 10.9. The van der Waals surface area contributed by atoms with Crippen molar-refractivity contribution in [1.82, 2.24) is 14.7 Å². The molecule has 2 aliphatic heterocycles. The van der Waals surface area contributed by atoms with Crippen molar-refractivity contribution in [3.8, 4) is 0 Å². The number of likely N-dealkylation sites (tertiary alicyclic amines) is 1. The Kier molecular flexibility index (Phi) is 4.47. The molecule has 1 atom stereocenters. The minimum absolute atomic E-state index is 0.143. The number of aliphatic hydroxyl groups excluding tert-OH is 1. The quantitative estimate of drug-likeness (QED) is 0.886. The molecule has 1 aromatic rings. The third-order valence-corrected chi connectivity index (χ3v) is 5.57. The van der Waals surface area contributed by atoms with Crippen molar-refractivity contribution in [2.24, 2.45) is 7.05 Å². The van der Waals surface area contributed by atoms with Crippen LogP contribution in [0.3, 0.4) is 0 Å². The Balaban J connectivity index is 1.62. The van der Waals surface area contributed by atoms with Crippen molar-refractivity contribution in [1.29, 1.82) is 0 Å². The Morgan fingerprint density at radius 1 is 1.39 bits per heavy atom. The lowest BCUT2D eigenvalue weighted by Crippen LogP contribution is -2.56. The lowest BCUT2D eigenvalue weighted by Gasteiger charge is -2.46. The first kappa shape index (κ1) is 16.5. The number of carbonyl (C=O) groups excluding carboxylic acids is 1. The number of carbonyl (C=O) groups is 1. The van der Waals surface area contributed by atoms with E-state index in [0.717, 1.165) is 49.2 Å². The Hall–Kier alpha value is -1.40. The van der Waals surface area contributed by atoms with Crippen molar-refractivity contribution in [2.75, 3.05) is 19.7 Å². The predicted molar refractivity (Wildman–Crippen MR) is 86.1 cm³/mol. The number of piperidine rings is 1. The van der Waals surface area contributed by atoms with Gasteiger partial charge in [0.15, 0.2) is 0 Å². The number of aliphatic hydroxyl groups is 1. The molecular formula is C17H27N3O3. The molecule has 6 heteroatoms. The molecule has 23 heavy (non-hydrogen) atoms. The molecule has 0 radical (unpaired) electrons. The molecule has 1 spiro atoms. The summed E-state index contributed by atoms with van der Waals surface area (Å²) in [4.78, 5) is 14.5. The van der Waals surface area contributed by atoms with Gasteiger partial charge in [-0.05, 0) is 39.5 Å². The molecule has 128 valence electrons. The third-order valence-electron chi connectivity index (χ3n) is 5.57. The maximum atomic E-state index is 12.6. The maximum Gasteiger partial charge on any atom is 0.227 e. The van der Waals surface area contributed by atoms with E-state index in [0.29, 0.717) is 19.5 Å². The second-order valence-corrected chi connectivity index (χ2v) is 6.90. The maximum absolute atomic E-state index is 12.6. The molecule has 1 N–H and O–H groups in total. The van der Waals surface area contributed by atoms with Crippen LogP contribution >= 0.6 is 0 Å². The average Bonchev–Trinajstić information content (AvgIpc) is 2.77. The van der Waals surface area contributed by atoms with Gasteiger partial charge in [0.2, 0.25) is 5.91 Å². The van der Waals surface area contributed by atoms with Gasteiger partial charge in [0, 0.05) is 38.0 Å². The number of hydrogen-bond donors (Lipinski definition) is 1. The van der Waals surface area contributed by atoms with Gasteiger partial charge >= 0.3 is 0 Å². The van der Waals surface area contributed by atoms with E-state index in [1.165, 1.54) is 0 Å². The number of amides is 1.